The summed E-state index contributed by atoms with van der Waals surface area (Å²) in [5.74, 6) is -0.659. The Kier molecular flexibility index (Phi) is 5.24. The molecular formula is C13H18BrFN2O3S. The largest absolute Gasteiger partial charge is 0.398 e. The Morgan fingerprint density at radius 3 is 2.81 bits per heavy atom. The first-order chi connectivity index (χ1) is 9.86. The molecule has 1 aliphatic heterocycles. The zero-order chi connectivity index (χ0) is 15.6. The van der Waals surface area contributed by atoms with Crippen LogP contribution >= 0.6 is 15.9 Å². The Labute approximate surface area is 132 Å². The third-order valence-electron chi connectivity index (χ3n) is 3.51. The van der Waals surface area contributed by atoms with E-state index in [1.807, 2.05) is 0 Å². The Balaban J connectivity index is 2.32. The molecule has 0 amide bonds. The van der Waals surface area contributed by atoms with E-state index in [0.717, 1.165) is 18.6 Å². The molecule has 0 spiro atoms. The summed E-state index contributed by atoms with van der Waals surface area (Å²) in [6, 6.07) is 2.23. The molecule has 0 bridgehead atoms. The fraction of sp³-hybridized carbons (Fsp3) is 0.538. The lowest BCUT2D eigenvalue weighted by atomic mass is 10.1. The van der Waals surface area contributed by atoms with Crippen molar-refractivity contribution in [2.75, 3.05) is 32.0 Å². The molecule has 21 heavy (non-hydrogen) atoms. The summed E-state index contributed by atoms with van der Waals surface area (Å²) in [5.41, 5.74) is 5.86. The van der Waals surface area contributed by atoms with Gasteiger partial charge in [-0.25, -0.2) is 12.8 Å². The fourth-order valence-corrected chi connectivity index (χ4v) is 4.22. The van der Waals surface area contributed by atoms with E-state index in [-0.39, 0.29) is 23.0 Å². The van der Waals surface area contributed by atoms with Gasteiger partial charge in [0.05, 0.1) is 6.61 Å². The molecule has 5 nitrogen and oxygen atoms in total. The second kappa shape index (κ2) is 6.60. The van der Waals surface area contributed by atoms with Gasteiger partial charge in [0, 0.05) is 29.9 Å². The number of ether oxygens (including phenoxy) is 1. The number of nitrogens with two attached hydrogens (primary N) is 1. The highest BCUT2D eigenvalue weighted by Gasteiger charge is 2.30. The van der Waals surface area contributed by atoms with Crippen molar-refractivity contribution < 1.29 is 17.5 Å². The van der Waals surface area contributed by atoms with Crippen LogP contribution in [0.3, 0.4) is 0 Å². The van der Waals surface area contributed by atoms with E-state index in [9.17, 15) is 12.8 Å². The monoisotopic (exact) mass is 380 g/mol. The van der Waals surface area contributed by atoms with Crippen molar-refractivity contribution in [3.63, 3.8) is 0 Å². The number of anilines is 1. The van der Waals surface area contributed by atoms with Gasteiger partial charge in [0.2, 0.25) is 10.0 Å². The van der Waals surface area contributed by atoms with Gasteiger partial charge in [0.1, 0.15) is 10.7 Å². The highest BCUT2D eigenvalue weighted by Crippen LogP contribution is 2.28. The van der Waals surface area contributed by atoms with Gasteiger partial charge >= 0.3 is 0 Å². The SMILES string of the molecule is CCN(CC1CCOC1)S(=O)(=O)c1cc(N)c(Br)cc1F. The van der Waals surface area contributed by atoms with Crippen LogP contribution in [0.5, 0.6) is 0 Å². The first kappa shape index (κ1) is 16.7. The average Bonchev–Trinajstić information content (AvgIpc) is 2.92. The lowest BCUT2D eigenvalue weighted by molar-refractivity contribution is 0.180. The van der Waals surface area contributed by atoms with Crippen LogP contribution in [0.25, 0.3) is 0 Å². The van der Waals surface area contributed by atoms with Crippen molar-refractivity contribution in [2.45, 2.75) is 18.2 Å². The molecule has 1 aromatic carbocycles. The molecule has 1 unspecified atom stereocenters. The fourth-order valence-electron chi connectivity index (χ4n) is 2.29. The van der Waals surface area contributed by atoms with E-state index in [2.05, 4.69) is 15.9 Å². The van der Waals surface area contributed by atoms with Gasteiger partial charge in [-0.2, -0.15) is 4.31 Å². The van der Waals surface area contributed by atoms with Gasteiger partial charge in [-0.05, 0) is 40.4 Å². The Morgan fingerprint density at radius 1 is 1.52 bits per heavy atom. The van der Waals surface area contributed by atoms with E-state index < -0.39 is 15.8 Å². The maximum atomic E-state index is 14.0. The van der Waals surface area contributed by atoms with Crippen LogP contribution in [0.2, 0.25) is 0 Å². The van der Waals surface area contributed by atoms with Crippen molar-refractivity contribution >= 4 is 31.6 Å². The number of benzene rings is 1. The van der Waals surface area contributed by atoms with Crippen LogP contribution in [-0.4, -0.2) is 39.0 Å². The van der Waals surface area contributed by atoms with E-state index in [1.54, 1.807) is 6.92 Å². The maximum absolute atomic E-state index is 14.0. The second-order valence-corrected chi connectivity index (χ2v) is 7.75. The molecule has 2 rings (SSSR count). The number of sulfonamides is 1. The molecule has 1 aliphatic rings. The minimum atomic E-state index is -3.91. The van der Waals surface area contributed by atoms with Gasteiger partial charge in [-0.15, -0.1) is 0 Å². The van der Waals surface area contributed by atoms with Gasteiger partial charge in [-0.3, -0.25) is 0 Å². The molecule has 118 valence electrons. The van der Waals surface area contributed by atoms with E-state index >= 15 is 0 Å². The Bertz CT molecular complexity index is 618. The molecule has 2 N–H and O–H groups in total. The number of hydrogen-bond acceptors (Lipinski definition) is 4. The topological polar surface area (TPSA) is 72.6 Å². The van der Waals surface area contributed by atoms with Gasteiger partial charge in [0.15, 0.2) is 0 Å². The predicted octanol–water partition coefficient (Wildman–Crippen LogP) is 2.22. The van der Waals surface area contributed by atoms with Crippen LogP contribution in [0.4, 0.5) is 10.1 Å². The predicted molar refractivity (Wildman–Crippen MR) is 81.9 cm³/mol. The van der Waals surface area contributed by atoms with E-state index in [1.165, 1.54) is 4.31 Å². The molecule has 1 heterocycles. The van der Waals surface area contributed by atoms with Gasteiger partial charge < -0.3 is 10.5 Å². The summed E-state index contributed by atoms with van der Waals surface area (Å²) in [6.45, 7) is 3.51. The normalized spacial score (nSPS) is 19.3. The number of halogens is 2. The summed E-state index contributed by atoms with van der Waals surface area (Å²) in [6.07, 6.45) is 0.816. The first-order valence-corrected chi connectivity index (χ1v) is 8.92. The smallest absolute Gasteiger partial charge is 0.246 e. The van der Waals surface area contributed by atoms with E-state index in [0.29, 0.717) is 24.2 Å². The van der Waals surface area contributed by atoms with Gasteiger partial charge in [-0.1, -0.05) is 6.92 Å². The highest BCUT2D eigenvalue weighted by atomic mass is 79.9. The molecular weight excluding hydrogens is 363 g/mol. The molecule has 1 atom stereocenters. The molecule has 8 heteroatoms. The van der Waals surface area contributed by atoms with Crippen LogP contribution in [-0.2, 0) is 14.8 Å². The van der Waals surface area contributed by atoms with Crippen LogP contribution < -0.4 is 5.73 Å². The molecule has 1 aromatic rings. The van der Waals surface area contributed by atoms with Crippen LogP contribution in [0, 0.1) is 11.7 Å². The second-order valence-electron chi connectivity index (χ2n) is 4.99. The van der Waals surface area contributed by atoms with Crippen molar-refractivity contribution in [1.29, 1.82) is 0 Å². The number of nitrogen functional groups attached to an aromatic ring is 1. The number of hydrogen-bond donors (Lipinski definition) is 1. The standard InChI is InChI=1S/C13H18BrFN2O3S/c1-2-17(7-9-3-4-20-8-9)21(18,19)13-6-12(16)10(14)5-11(13)15/h5-6,9H,2-4,7-8,16H2,1H3. The minimum absolute atomic E-state index is 0.149. The molecule has 0 radical (unpaired) electrons. The number of nitrogens with zero attached hydrogens (tertiary/aromatic N) is 1. The zero-order valence-electron chi connectivity index (χ0n) is 11.7. The highest BCUT2D eigenvalue weighted by molar-refractivity contribution is 9.10. The van der Waals surface area contributed by atoms with E-state index in [4.69, 9.17) is 10.5 Å². The quantitative estimate of drug-likeness (QED) is 0.794. The molecule has 0 aliphatic carbocycles. The van der Waals surface area contributed by atoms with Crippen molar-refractivity contribution in [3.8, 4) is 0 Å². The average molecular weight is 381 g/mol. The minimum Gasteiger partial charge on any atom is -0.398 e. The van der Waals surface area contributed by atoms with Crippen molar-refractivity contribution in [1.82, 2.24) is 4.31 Å². The third kappa shape index (κ3) is 3.56. The Hall–Kier alpha value is -0.700. The summed E-state index contributed by atoms with van der Waals surface area (Å²) >= 11 is 3.08. The first-order valence-electron chi connectivity index (χ1n) is 6.68. The summed E-state index contributed by atoms with van der Waals surface area (Å²) in [5, 5.41) is 0. The lowest BCUT2D eigenvalue weighted by Gasteiger charge is -2.23. The number of rotatable bonds is 5. The molecule has 1 saturated heterocycles. The maximum Gasteiger partial charge on any atom is 0.246 e. The summed E-state index contributed by atoms with van der Waals surface area (Å²) in [7, 11) is -3.91. The van der Waals surface area contributed by atoms with Gasteiger partial charge in [0.25, 0.3) is 0 Å². The summed E-state index contributed by atoms with van der Waals surface area (Å²) in [4.78, 5) is -0.385. The lowest BCUT2D eigenvalue weighted by Crippen LogP contribution is -2.36. The Morgan fingerprint density at radius 2 is 2.24 bits per heavy atom. The van der Waals surface area contributed by atoms with Crippen molar-refractivity contribution in [3.05, 3.63) is 22.4 Å². The summed E-state index contributed by atoms with van der Waals surface area (Å²) < 4.78 is 46.1. The molecule has 0 aromatic heterocycles. The van der Waals surface area contributed by atoms with Crippen molar-refractivity contribution in [2.24, 2.45) is 5.92 Å². The van der Waals surface area contributed by atoms with Crippen LogP contribution in [0.1, 0.15) is 13.3 Å². The van der Waals surface area contributed by atoms with Crippen LogP contribution in [0.15, 0.2) is 21.5 Å². The molecule has 0 saturated carbocycles. The molecule has 1 fully saturated rings. The third-order valence-corrected chi connectivity index (χ3v) is 6.15. The zero-order valence-corrected chi connectivity index (χ0v) is 14.1.